The van der Waals surface area contributed by atoms with Gasteiger partial charge in [-0.3, -0.25) is 5.32 Å². The van der Waals surface area contributed by atoms with Gasteiger partial charge in [-0.2, -0.15) is 0 Å². The minimum Gasteiger partial charge on any atom is -0.300 e. The van der Waals surface area contributed by atoms with Crippen LogP contribution >= 0.6 is 15.9 Å². The second-order valence-electron chi connectivity index (χ2n) is 3.35. The van der Waals surface area contributed by atoms with Crippen LogP contribution in [0.3, 0.4) is 0 Å². The number of nitrogens with one attached hydrogen (secondary N) is 1. The quantitative estimate of drug-likeness (QED) is 0.815. The predicted octanol–water partition coefficient (Wildman–Crippen LogP) is 2.87. The molecule has 0 bridgehead atoms. The summed E-state index contributed by atoms with van der Waals surface area (Å²) in [5.74, 6) is 2.64. The fourth-order valence-corrected chi connectivity index (χ4v) is 1.39. The van der Waals surface area contributed by atoms with Crippen LogP contribution in [0.1, 0.15) is 18.1 Å². The molecule has 1 rings (SSSR count). The Hall–Kier alpha value is -0.780. The maximum Gasteiger partial charge on any atom is 0.0660 e. The summed E-state index contributed by atoms with van der Waals surface area (Å²) in [6, 6.07) is 6.43. The van der Waals surface area contributed by atoms with Crippen LogP contribution in [0.15, 0.2) is 22.7 Å². The Balaban J connectivity index is 2.61. The summed E-state index contributed by atoms with van der Waals surface area (Å²) in [6.07, 6.45) is 5.27. The molecule has 1 atom stereocenters. The van der Waals surface area contributed by atoms with E-state index >= 15 is 0 Å². The number of hydrogen-bond acceptors (Lipinski definition) is 1. The minimum absolute atomic E-state index is 0.124. The maximum absolute atomic E-state index is 5.27. The van der Waals surface area contributed by atoms with Gasteiger partial charge in [0.1, 0.15) is 0 Å². The van der Waals surface area contributed by atoms with Crippen LogP contribution in [0, 0.1) is 19.3 Å². The molecule has 0 saturated heterocycles. The molecular formula is C12H14BrN. The molecular weight excluding hydrogens is 238 g/mol. The average Bonchev–Trinajstić information content (AvgIpc) is 2.19. The molecule has 0 heterocycles. The number of hydrogen-bond donors (Lipinski definition) is 1. The van der Waals surface area contributed by atoms with Gasteiger partial charge in [-0.25, -0.2) is 0 Å². The zero-order valence-electron chi connectivity index (χ0n) is 8.47. The second-order valence-corrected chi connectivity index (χ2v) is 4.21. The van der Waals surface area contributed by atoms with Gasteiger partial charge >= 0.3 is 0 Å². The molecule has 0 amide bonds. The predicted molar refractivity (Wildman–Crippen MR) is 64.0 cm³/mol. The van der Waals surface area contributed by atoms with Crippen LogP contribution in [-0.2, 0) is 6.54 Å². The monoisotopic (exact) mass is 251 g/mol. The van der Waals surface area contributed by atoms with Gasteiger partial charge < -0.3 is 0 Å². The molecule has 1 N–H and O–H groups in total. The fourth-order valence-electron chi connectivity index (χ4n) is 1.15. The third-order valence-corrected chi connectivity index (χ3v) is 2.97. The van der Waals surface area contributed by atoms with Crippen molar-refractivity contribution >= 4 is 15.9 Å². The van der Waals surface area contributed by atoms with Crippen molar-refractivity contribution in [1.29, 1.82) is 0 Å². The molecule has 1 nitrogen and oxygen atoms in total. The molecule has 0 aliphatic heterocycles. The lowest BCUT2D eigenvalue weighted by Crippen LogP contribution is -2.23. The highest BCUT2D eigenvalue weighted by molar-refractivity contribution is 9.10. The average molecular weight is 252 g/mol. The van der Waals surface area contributed by atoms with Crippen LogP contribution in [-0.4, -0.2) is 6.04 Å². The summed E-state index contributed by atoms with van der Waals surface area (Å²) in [7, 11) is 0. The lowest BCUT2D eigenvalue weighted by molar-refractivity contribution is 0.648. The Morgan fingerprint density at radius 3 is 2.86 bits per heavy atom. The zero-order chi connectivity index (χ0) is 10.6. The van der Waals surface area contributed by atoms with Crippen LogP contribution in [0.5, 0.6) is 0 Å². The molecule has 0 radical (unpaired) electrons. The van der Waals surface area contributed by atoms with E-state index in [1.807, 2.05) is 6.92 Å². The molecule has 0 aromatic heterocycles. The van der Waals surface area contributed by atoms with Crippen molar-refractivity contribution in [3.8, 4) is 12.3 Å². The number of aryl methyl sites for hydroxylation is 1. The van der Waals surface area contributed by atoms with Gasteiger partial charge in [-0.05, 0) is 31.0 Å². The topological polar surface area (TPSA) is 12.0 Å². The van der Waals surface area contributed by atoms with Crippen LogP contribution in [0.4, 0.5) is 0 Å². The number of halogens is 1. The first-order chi connectivity index (χ1) is 6.63. The molecule has 1 aromatic rings. The van der Waals surface area contributed by atoms with Crippen molar-refractivity contribution in [2.45, 2.75) is 26.4 Å². The van der Waals surface area contributed by atoms with Gasteiger partial charge in [-0.1, -0.05) is 34.0 Å². The Morgan fingerprint density at radius 1 is 1.57 bits per heavy atom. The van der Waals surface area contributed by atoms with Crippen molar-refractivity contribution < 1.29 is 0 Å². The highest BCUT2D eigenvalue weighted by Gasteiger charge is 1.99. The van der Waals surface area contributed by atoms with Crippen molar-refractivity contribution in [2.24, 2.45) is 0 Å². The summed E-state index contributed by atoms with van der Waals surface area (Å²) in [6.45, 7) is 4.88. The number of benzene rings is 1. The van der Waals surface area contributed by atoms with E-state index in [4.69, 9.17) is 6.42 Å². The summed E-state index contributed by atoms with van der Waals surface area (Å²) >= 11 is 3.47. The minimum atomic E-state index is 0.124. The Kier molecular flexibility index (Phi) is 4.19. The summed E-state index contributed by atoms with van der Waals surface area (Å²) in [5, 5.41) is 3.24. The molecule has 0 saturated carbocycles. The Morgan fingerprint density at radius 2 is 2.29 bits per heavy atom. The third-order valence-electron chi connectivity index (χ3n) is 2.08. The number of terminal acetylenes is 1. The third kappa shape index (κ3) is 3.17. The first-order valence-electron chi connectivity index (χ1n) is 4.58. The normalized spacial score (nSPS) is 12.1. The van der Waals surface area contributed by atoms with Gasteiger partial charge in [-0.15, -0.1) is 6.42 Å². The van der Waals surface area contributed by atoms with E-state index in [0.717, 1.165) is 11.0 Å². The van der Waals surface area contributed by atoms with E-state index in [-0.39, 0.29) is 6.04 Å². The smallest absolute Gasteiger partial charge is 0.0660 e. The highest BCUT2D eigenvalue weighted by Crippen LogP contribution is 2.16. The molecule has 0 aliphatic rings. The van der Waals surface area contributed by atoms with Gasteiger partial charge in [0.05, 0.1) is 6.04 Å². The fraction of sp³-hybridized carbons (Fsp3) is 0.333. The lowest BCUT2D eigenvalue weighted by atomic mass is 10.1. The molecule has 1 unspecified atom stereocenters. The van der Waals surface area contributed by atoms with Crippen LogP contribution in [0.25, 0.3) is 0 Å². The van der Waals surface area contributed by atoms with E-state index in [1.165, 1.54) is 11.1 Å². The number of rotatable bonds is 3. The molecule has 0 fully saturated rings. The van der Waals surface area contributed by atoms with E-state index in [2.05, 4.69) is 52.3 Å². The van der Waals surface area contributed by atoms with E-state index in [0.29, 0.717) is 0 Å². The SMILES string of the molecule is C#CC(C)NCc1ccc(Br)c(C)c1. The largest absolute Gasteiger partial charge is 0.300 e. The molecule has 0 spiro atoms. The Labute approximate surface area is 94.0 Å². The summed E-state index contributed by atoms with van der Waals surface area (Å²) in [4.78, 5) is 0. The molecule has 2 heteroatoms. The van der Waals surface area contributed by atoms with E-state index in [1.54, 1.807) is 0 Å². The second kappa shape index (κ2) is 5.19. The lowest BCUT2D eigenvalue weighted by Gasteiger charge is -2.08. The van der Waals surface area contributed by atoms with Gasteiger partial charge in [0.2, 0.25) is 0 Å². The van der Waals surface area contributed by atoms with Crippen molar-refractivity contribution in [1.82, 2.24) is 5.32 Å². The molecule has 14 heavy (non-hydrogen) atoms. The van der Waals surface area contributed by atoms with E-state index in [9.17, 15) is 0 Å². The first kappa shape index (κ1) is 11.3. The summed E-state index contributed by atoms with van der Waals surface area (Å²) < 4.78 is 1.14. The first-order valence-corrected chi connectivity index (χ1v) is 5.37. The standard InChI is InChI=1S/C12H14BrN/c1-4-10(3)14-8-11-5-6-12(13)9(2)7-11/h1,5-7,10,14H,8H2,2-3H3. The van der Waals surface area contributed by atoms with Crippen LogP contribution < -0.4 is 5.32 Å². The Bertz CT molecular complexity index is 352. The van der Waals surface area contributed by atoms with Crippen molar-refractivity contribution in [2.75, 3.05) is 0 Å². The molecule has 1 aromatic carbocycles. The highest BCUT2D eigenvalue weighted by atomic mass is 79.9. The van der Waals surface area contributed by atoms with Crippen molar-refractivity contribution in [3.05, 3.63) is 33.8 Å². The van der Waals surface area contributed by atoms with Gasteiger partial charge in [0.15, 0.2) is 0 Å². The summed E-state index contributed by atoms with van der Waals surface area (Å²) in [5.41, 5.74) is 2.51. The van der Waals surface area contributed by atoms with Gasteiger partial charge in [0, 0.05) is 11.0 Å². The molecule has 74 valence electrons. The maximum atomic E-state index is 5.27. The molecule has 0 aliphatic carbocycles. The van der Waals surface area contributed by atoms with Crippen molar-refractivity contribution in [3.63, 3.8) is 0 Å². The zero-order valence-corrected chi connectivity index (χ0v) is 10.1. The van der Waals surface area contributed by atoms with Gasteiger partial charge in [0.25, 0.3) is 0 Å². The van der Waals surface area contributed by atoms with Crippen LogP contribution in [0.2, 0.25) is 0 Å². The van der Waals surface area contributed by atoms with E-state index < -0.39 is 0 Å².